The molecule has 2 nitrogen and oxygen atoms in total. The van der Waals surface area contributed by atoms with E-state index in [1.54, 1.807) is 0 Å². The summed E-state index contributed by atoms with van der Waals surface area (Å²) in [6, 6.07) is 10.7. The minimum absolute atomic E-state index is 0.295. The summed E-state index contributed by atoms with van der Waals surface area (Å²) in [5.41, 5.74) is 7.28. The zero-order valence-electron chi connectivity index (χ0n) is 11.8. The van der Waals surface area contributed by atoms with Gasteiger partial charge in [0.2, 0.25) is 0 Å². The van der Waals surface area contributed by atoms with E-state index in [0.717, 1.165) is 25.0 Å². The van der Waals surface area contributed by atoms with Gasteiger partial charge in [0.25, 0.3) is 0 Å². The zero-order chi connectivity index (χ0) is 13.7. The molecule has 1 aromatic carbocycles. The molecule has 0 bridgehead atoms. The van der Waals surface area contributed by atoms with Gasteiger partial charge in [0, 0.05) is 21.8 Å². The fourth-order valence-electron chi connectivity index (χ4n) is 3.16. The van der Waals surface area contributed by atoms with Crippen molar-refractivity contribution >= 4 is 10.8 Å². The smallest absolute Gasteiger partial charge is 0.0394 e. The van der Waals surface area contributed by atoms with Crippen LogP contribution in [0.1, 0.15) is 44.1 Å². The van der Waals surface area contributed by atoms with Gasteiger partial charge in [0.1, 0.15) is 0 Å². The van der Waals surface area contributed by atoms with E-state index >= 15 is 0 Å². The molecule has 0 aromatic heterocycles. The number of hydrogen-bond acceptors (Lipinski definition) is 2. The maximum atomic E-state index is 12.4. The lowest BCUT2D eigenvalue weighted by molar-refractivity contribution is 0.338. The number of rotatable bonds is 5. The van der Waals surface area contributed by atoms with Crippen molar-refractivity contribution in [2.45, 2.75) is 43.8 Å². The molecule has 19 heavy (non-hydrogen) atoms. The summed E-state index contributed by atoms with van der Waals surface area (Å²) >= 11 is 0. The Morgan fingerprint density at radius 3 is 2.63 bits per heavy atom. The van der Waals surface area contributed by atoms with Crippen LogP contribution in [0.25, 0.3) is 0 Å². The average molecular weight is 279 g/mol. The second-order valence-corrected chi connectivity index (χ2v) is 7.31. The molecule has 2 rings (SSSR count). The Balaban J connectivity index is 2.09. The van der Waals surface area contributed by atoms with Crippen molar-refractivity contribution in [3.8, 4) is 0 Å². The van der Waals surface area contributed by atoms with Crippen molar-refractivity contribution in [2.75, 3.05) is 12.3 Å². The van der Waals surface area contributed by atoms with Gasteiger partial charge in [-0.15, -0.1) is 0 Å². The fraction of sp³-hybridized carbons (Fsp3) is 0.625. The van der Waals surface area contributed by atoms with E-state index in [4.69, 9.17) is 5.73 Å². The first kappa shape index (κ1) is 14.7. The summed E-state index contributed by atoms with van der Waals surface area (Å²) in [4.78, 5) is 0. The van der Waals surface area contributed by atoms with E-state index in [-0.39, 0.29) is 0 Å². The number of benzene rings is 1. The third-order valence-electron chi connectivity index (χ3n) is 4.25. The highest BCUT2D eigenvalue weighted by Crippen LogP contribution is 2.38. The molecule has 1 aromatic rings. The summed E-state index contributed by atoms with van der Waals surface area (Å²) in [6.45, 7) is 2.79. The molecular formula is C16H25NOS. The van der Waals surface area contributed by atoms with Crippen LogP contribution < -0.4 is 5.73 Å². The molecule has 1 aliphatic rings. The maximum absolute atomic E-state index is 12.4. The third kappa shape index (κ3) is 3.67. The molecule has 3 heteroatoms. The van der Waals surface area contributed by atoms with Crippen LogP contribution in [0.4, 0.5) is 0 Å². The van der Waals surface area contributed by atoms with Crippen molar-refractivity contribution in [1.82, 2.24) is 0 Å². The molecule has 0 amide bonds. The minimum Gasteiger partial charge on any atom is -0.330 e. The van der Waals surface area contributed by atoms with Gasteiger partial charge in [-0.2, -0.15) is 0 Å². The van der Waals surface area contributed by atoms with Crippen LogP contribution in [0.5, 0.6) is 0 Å². The zero-order valence-corrected chi connectivity index (χ0v) is 12.6. The molecule has 0 radical (unpaired) electrons. The van der Waals surface area contributed by atoms with Gasteiger partial charge in [-0.1, -0.05) is 37.3 Å². The Morgan fingerprint density at radius 2 is 2.00 bits per heavy atom. The van der Waals surface area contributed by atoms with Crippen LogP contribution in [0, 0.1) is 5.92 Å². The molecule has 0 saturated heterocycles. The fourth-order valence-corrected chi connectivity index (χ4v) is 4.99. The summed E-state index contributed by atoms with van der Waals surface area (Å²) < 4.78 is 12.4. The van der Waals surface area contributed by atoms with Crippen molar-refractivity contribution in [3.05, 3.63) is 35.9 Å². The Morgan fingerprint density at radius 1 is 1.26 bits per heavy atom. The highest BCUT2D eigenvalue weighted by atomic mass is 32.2. The first-order chi connectivity index (χ1) is 9.26. The molecule has 1 aliphatic carbocycles. The maximum Gasteiger partial charge on any atom is 0.0394 e. The van der Waals surface area contributed by atoms with Gasteiger partial charge in [-0.05, 0) is 49.6 Å². The monoisotopic (exact) mass is 279 g/mol. The van der Waals surface area contributed by atoms with Crippen LogP contribution in [0.15, 0.2) is 30.3 Å². The molecule has 0 aliphatic heterocycles. The topological polar surface area (TPSA) is 43.1 Å². The Hall–Kier alpha value is -0.670. The SMILES string of the molecule is CCCS(=O)C1CC(c2ccccc2)CCC1CN. The highest BCUT2D eigenvalue weighted by molar-refractivity contribution is 7.85. The molecular weight excluding hydrogens is 254 g/mol. The van der Waals surface area contributed by atoms with Gasteiger partial charge in [-0.3, -0.25) is 4.21 Å². The van der Waals surface area contributed by atoms with Gasteiger partial charge in [-0.25, -0.2) is 0 Å². The number of hydrogen-bond donors (Lipinski definition) is 1. The molecule has 2 N–H and O–H groups in total. The van der Waals surface area contributed by atoms with E-state index in [0.29, 0.717) is 23.6 Å². The molecule has 0 heterocycles. The van der Waals surface area contributed by atoms with E-state index < -0.39 is 10.8 Å². The molecule has 1 saturated carbocycles. The largest absolute Gasteiger partial charge is 0.330 e. The van der Waals surface area contributed by atoms with Crippen molar-refractivity contribution in [3.63, 3.8) is 0 Å². The van der Waals surface area contributed by atoms with Crippen LogP contribution in [-0.2, 0) is 10.8 Å². The van der Waals surface area contributed by atoms with E-state index in [9.17, 15) is 4.21 Å². The Bertz CT molecular complexity index is 406. The summed E-state index contributed by atoms with van der Waals surface area (Å²) in [5.74, 6) is 1.84. The normalized spacial score (nSPS) is 29.1. The lowest BCUT2D eigenvalue weighted by atomic mass is 9.78. The highest BCUT2D eigenvalue weighted by Gasteiger charge is 2.33. The predicted octanol–water partition coefficient (Wildman–Crippen LogP) is 3.06. The van der Waals surface area contributed by atoms with Crippen LogP contribution in [0.2, 0.25) is 0 Å². The standard InChI is InChI=1S/C16H25NOS/c1-2-10-19(18)16-11-14(8-9-15(16)12-17)13-6-4-3-5-7-13/h3-7,14-16H,2,8-12,17H2,1H3. The quantitative estimate of drug-likeness (QED) is 0.900. The van der Waals surface area contributed by atoms with Crippen LogP contribution >= 0.6 is 0 Å². The van der Waals surface area contributed by atoms with E-state index in [1.165, 1.54) is 12.0 Å². The second-order valence-electron chi connectivity index (χ2n) is 5.54. The van der Waals surface area contributed by atoms with E-state index in [2.05, 4.69) is 37.3 Å². The second kappa shape index (κ2) is 7.20. The molecule has 106 valence electrons. The Labute approximate surface area is 119 Å². The average Bonchev–Trinajstić information content (AvgIpc) is 2.47. The van der Waals surface area contributed by atoms with Crippen LogP contribution in [0.3, 0.4) is 0 Å². The summed E-state index contributed by atoms with van der Waals surface area (Å²) in [7, 11) is -0.711. The van der Waals surface area contributed by atoms with Crippen LogP contribution in [-0.4, -0.2) is 21.8 Å². The first-order valence-electron chi connectivity index (χ1n) is 7.38. The van der Waals surface area contributed by atoms with Gasteiger partial charge < -0.3 is 5.73 Å². The van der Waals surface area contributed by atoms with Crippen molar-refractivity contribution in [1.29, 1.82) is 0 Å². The summed E-state index contributed by atoms with van der Waals surface area (Å²) in [6.07, 6.45) is 4.34. The Kier molecular flexibility index (Phi) is 5.59. The predicted molar refractivity (Wildman–Crippen MR) is 82.7 cm³/mol. The molecule has 1 fully saturated rings. The lowest BCUT2D eigenvalue weighted by Crippen LogP contribution is -2.37. The van der Waals surface area contributed by atoms with Crippen molar-refractivity contribution in [2.24, 2.45) is 11.7 Å². The number of nitrogens with two attached hydrogens (primary N) is 1. The molecule has 4 atom stereocenters. The van der Waals surface area contributed by atoms with Gasteiger partial charge >= 0.3 is 0 Å². The first-order valence-corrected chi connectivity index (χ1v) is 8.76. The van der Waals surface area contributed by atoms with E-state index in [1.807, 2.05) is 0 Å². The molecule has 4 unspecified atom stereocenters. The van der Waals surface area contributed by atoms with Gasteiger partial charge in [0.15, 0.2) is 0 Å². The molecule has 0 spiro atoms. The minimum atomic E-state index is -0.711. The van der Waals surface area contributed by atoms with Crippen molar-refractivity contribution < 1.29 is 4.21 Å². The summed E-state index contributed by atoms with van der Waals surface area (Å²) in [5, 5.41) is 0.295. The third-order valence-corrected chi connectivity index (χ3v) is 6.31. The lowest BCUT2D eigenvalue weighted by Gasteiger charge is -2.35. The van der Waals surface area contributed by atoms with Gasteiger partial charge in [0.05, 0.1) is 0 Å².